The summed E-state index contributed by atoms with van der Waals surface area (Å²) in [6.07, 6.45) is 1.55. The van der Waals surface area contributed by atoms with E-state index in [9.17, 15) is 9.59 Å². The molecule has 1 saturated heterocycles. The van der Waals surface area contributed by atoms with E-state index in [1.807, 2.05) is 0 Å². The predicted octanol–water partition coefficient (Wildman–Crippen LogP) is 2.23. The number of amides is 2. The molecule has 8 heteroatoms. The molecule has 1 fully saturated rings. The molecule has 2 amide bonds. The monoisotopic (exact) mass is 427 g/mol. The molecule has 1 aliphatic heterocycles. The van der Waals surface area contributed by atoms with Gasteiger partial charge in [0.25, 0.3) is 0 Å². The first-order valence-corrected chi connectivity index (χ1v) is 10.3. The highest BCUT2D eigenvalue weighted by atomic mass is 16.5. The largest absolute Gasteiger partial charge is 0.497 e. The van der Waals surface area contributed by atoms with Gasteiger partial charge in [-0.05, 0) is 42.7 Å². The third-order valence-corrected chi connectivity index (χ3v) is 5.10. The van der Waals surface area contributed by atoms with Crippen LogP contribution in [-0.4, -0.2) is 58.9 Å². The first kappa shape index (κ1) is 22.4. The maximum absolute atomic E-state index is 12.2. The van der Waals surface area contributed by atoms with Crippen LogP contribution in [0.4, 0.5) is 11.4 Å². The van der Waals surface area contributed by atoms with E-state index in [2.05, 4.69) is 39.8 Å². The minimum absolute atomic E-state index is 0.406. The number of anilines is 2. The Hall–Kier alpha value is -3.26. The number of rotatable bonds is 8. The zero-order chi connectivity index (χ0) is 22.1. The molecule has 1 aliphatic rings. The Morgan fingerprint density at radius 1 is 1.00 bits per heavy atom. The highest BCUT2D eigenvalue weighted by molar-refractivity contribution is 6.39. The molecule has 0 radical (unpaired) electrons. The zero-order valence-corrected chi connectivity index (χ0v) is 18.0. The molecular formula is C23H29N3O5. The van der Waals surface area contributed by atoms with Crippen molar-refractivity contribution < 1.29 is 23.8 Å². The van der Waals surface area contributed by atoms with Crippen LogP contribution < -0.4 is 25.0 Å². The maximum atomic E-state index is 12.2. The molecule has 0 spiro atoms. The summed E-state index contributed by atoms with van der Waals surface area (Å²) in [5.41, 5.74) is 2.80. The number of methoxy groups -OCH3 is 2. The molecule has 0 saturated carbocycles. The second kappa shape index (κ2) is 11.2. The number of hydrogen-bond donors (Lipinski definition) is 2. The summed E-state index contributed by atoms with van der Waals surface area (Å²) in [6.45, 7) is 3.77. The van der Waals surface area contributed by atoms with E-state index in [-0.39, 0.29) is 0 Å². The first-order valence-electron chi connectivity index (χ1n) is 10.3. The van der Waals surface area contributed by atoms with Crippen molar-refractivity contribution in [3.8, 4) is 11.5 Å². The molecule has 2 N–H and O–H groups in total. The average Bonchev–Trinajstić information content (AvgIpc) is 2.82. The molecule has 166 valence electrons. The summed E-state index contributed by atoms with van der Waals surface area (Å²) in [6, 6.07) is 13.4. The summed E-state index contributed by atoms with van der Waals surface area (Å²) >= 11 is 0. The van der Waals surface area contributed by atoms with Gasteiger partial charge in [0.1, 0.15) is 11.5 Å². The number of carbonyl (C=O) groups is 2. The minimum Gasteiger partial charge on any atom is -0.497 e. The first-order chi connectivity index (χ1) is 15.1. The summed E-state index contributed by atoms with van der Waals surface area (Å²) in [5.74, 6) is -0.405. The molecule has 0 bridgehead atoms. The van der Waals surface area contributed by atoms with Crippen molar-refractivity contribution in [1.29, 1.82) is 0 Å². The highest BCUT2D eigenvalue weighted by Gasteiger charge is 2.16. The van der Waals surface area contributed by atoms with Crippen LogP contribution in [0.3, 0.4) is 0 Å². The second-order valence-electron chi connectivity index (χ2n) is 7.15. The van der Waals surface area contributed by atoms with Crippen molar-refractivity contribution in [3.63, 3.8) is 0 Å². The number of nitrogens with one attached hydrogen (secondary N) is 2. The Morgan fingerprint density at radius 3 is 2.42 bits per heavy atom. The molecule has 1 heterocycles. The summed E-state index contributed by atoms with van der Waals surface area (Å²) in [4.78, 5) is 26.6. The maximum Gasteiger partial charge on any atom is 0.313 e. The number of nitrogens with zero attached hydrogens (tertiary/aromatic N) is 1. The lowest BCUT2D eigenvalue weighted by Crippen LogP contribution is -2.36. The van der Waals surface area contributed by atoms with Gasteiger partial charge in [0.2, 0.25) is 0 Å². The number of benzene rings is 2. The molecular weight excluding hydrogens is 398 g/mol. The third kappa shape index (κ3) is 6.36. The third-order valence-electron chi connectivity index (χ3n) is 5.10. The van der Waals surface area contributed by atoms with E-state index < -0.39 is 11.8 Å². The van der Waals surface area contributed by atoms with E-state index in [4.69, 9.17) is 14.2 Å². The van der Waals surface area contributed by atoms with Crippen LogP contribution in [0.1, 0.15) is 12.0 Å². The van der Waals surface area contributed by atoms with E-state index in [0.29, 0.717) is 23.7 Å². The van der Waals surface area contributed by atoms with Gasteiger partial charge in [-0.25, -0.2) is 0 Å². The topological polar surface area (TPSA) is 89.1 Å². The van der Waals surface area contributed by atoms with Crippen molar-refractivity contribution in [1.82, 2.24) is 5.32 Å². The SMILES string of the molecule is COc1ccc(NC(=O)C(=O)NCCCc2ccc(N3CCOCC3)cc2)c(OC)c1. The minimum atomic E-state index is -0.738. The molecule has 31 heavy (non-hydrogen) atoms. The second-order valence-corrected chi connectivity index (χ2v) is 7.15. The standard InChI is InChI=1S/C23H29N3O5/c1-29-19-9-10-20(21(16-19)30-2)25-23(28)22(27)24-11-3-4-17-5-7-18(8-6-17)26-12-14-31-15-13-26/h5-10,16H,3-4,11-15H2,1-2H3,(H,24,27)(H,25,28). The van der Waals surface area contributed by atoms with E-state index >= 15 is 0 Å². The van der Waals surface area contributed by atoms with Crippen molar-refractivity contribution in [2.24, 2.45) is 0 Å². The van der Waals surface area contributed by atoms with Crippen LogP contribution in [0.5, 0.6) is 11.5 Å². The fraction of sp³-hybridized carbons (Fsp3) is 0.391. The fourth-order valence-electron chi connectivity index (χ4n) is 3.35. The Bertz CT molecular complexity index is 879. The number of hydrogen-bond acceptors (Lipinski definition) is 6. The van der Waals surface area contributed by atoms with Gasteiger partial charge in [-0.2, -0.15) is 0 Å². The van der Waals surface area contributed by atoms with Gasteiger partial charge in [0, 0.05) is 31.4 Å². The fourth-order valence-corrected chi connectivity index (χ4v) is 3.35. The average molecular weight is 428 g/mol. The van der Waals surface area contributed by atoms with E-state index in [1.165, 1.54) is 18.4 Å². The number of ether oxygens (including phenoxy) is 3. The van der Waals surface area contributed by atoms with Gasteiger partial charge < -0.3 is 29.7 Å². The van der Waals surface area contributed by atoms with Gasteiger partial charge in [-0.3, -0.25) is 9.59 Å². The molecule has 2 aromatic rings. The number of morpholine rings is 1. The van der Waals surface area contributed by atoms with Gasteiger partial charge >= 0.3 is 11.8 Å². The predicted molar refractivity (Wildman–Crippen MR) is 119 cm³/mol. The number of aryl methyl sites for hydroxylation is 1. The van der Waals surface area contributed by atoms with Crippen molar-refractivity contribution in [2.75, 3.05) is 57.3 Å². The van der Waals surface area contributed by atoms with E-state index in [1.54, 1.807) is 25.3 Å². The van der Waals surface area contributed by atoms with Gasteiger partial charge in [0.15, 0.2) is 0 Å². The summed E-state index contributed by atoms with van der Waals surface area (Å²) in [7, 11) is 3.02. The molecule has 8 nitrogen and oxygen atoms in total. The quantitative estimate of drug-likeness (QED) is 0.496. The zero-order valence-electron chi connectivity index (χ0n) is 18.0. The lowest BCUT2D eigenvalue weighted by molar-refractivity contribution is -0.136. The number of carbonyl (C=O) groups excluding carboxylic acids is 2. The normalized spacial score (nSPS) is 13.4. The van der Waals surface area contributed by atoms with Gasteiger partial charge in [-0.1, -0.05) is 12.1 Å². The molecule has 0 aliphatic carbocycles. The smallest absolute Gasteiger partial charge is 0.313 e. The lowest BCUT2D eigenvalue weighted by Gasteiger charge is -2.28. The van der Waals surface area contributed by atoms with Crippen LogP contribution in [0, 0.1) is 0 Å². The van der Waals surface area contributed by atoms with Gasteiger partial charge in [0.05, 0.1) is 33.1 Å². The Morgan fingerprint density at radius 2 is 1.74 bits per heavy atom. The Labute approximate surface area is 182 Å². The molecule has 2 aromatic carbocycles. The van der Waals surface area contributed by atoms with Gasteiger partial charge in [-0.15, -0.1) is 0 Å². The van der Waals surface area contributed by atoms with Crippen molar-refractivity contribution in [2.45, 2.75) is 12.8 Å². The van der Waals surface area contributed by atoms with Crippen LogP contribution in [0.15, 0.2) is 42.5 Å². The van der Waals surface area contributed by atoms with Crippen LogP contribution >= 0.6 is 0 Å². The molecule has 0 unspecified atom stereocenters. The molecule has 3 rings (SSSR count). The van der Waals surface area contributed by atoms with Crippen LogP contribution in [0.25, 0.3) is 0 Å². The molecule has 0 atom stereocenters. The van der Waals surface area contributed by atoms with Crippen molar-refractivity contribution >= 4 is 23.2 Å². The summed E-state index contributed by atoms with van der Waals surface area (Å²) in [5, 5.41) is 5.22. The Kier molecular flexibility index (Phi) is 8.12. The lowest BCUT2D eigenvalue weighted by atomic mass is 10.1. The van der Waals surface area contributed by atoms with Crippen LogP contribution in [-0.2, 0) is 20.7 Å². The van der Waals surface area contributed by atoms with Crippen molar-refractivity contribution in [3.05, 3.63) is 48.0 Å². The van der Waals surface area contributed by atoms with Crippen LogP contribution in [0.2, 0.25) is 0 Å². The molecule has 0 aromatic heterocycles. The highest BCUT2D eigenvalue weighted by Crippen LogP contribution is 2.28. The Balaban J connectivity index is 1.41. The summed E-state index contributed by atoms with van der Waals surface area (Å²) < 4.78 is 15.7. The van der Waals surface area contributed by atoms with E-state index in [0.717, 1.165) is 39.1 Å².